The highest BCUT2D eigenvalue weighted by Crippen LogP contribution is 2.19. The minimum atomic E-state index is -0.0955. The molecule has 0 aliphatic heterocycles. The van der Waals surface area contributed by atoms with E-state index in [-0.39, 0.29) is 5.54 Å². The molecule has 1 aromatic rings. The first kappa shape index (κ1) is 15.0. The normalized spacial score (nSPS) is 11.6. The second-order valence-electron chi connectivity index (χ2n) is 5.45. The third-order valence-corrected chi connectivity index (χ3v) is 2.81. The van der Waals surface area contributed by atoms with E-state index in [0.29, 0.717) is 6.61 Å². The zero-order valence-corrected chi connectivity index (χ0v) is 12.0. The molecule has 0 fully saturated rings. The number of nitrogens with one attached hydrogen (secondary N) is 1. The van der Waals surface area contributed by atoms with Crippen molar-refractivity contribution in [1.29, 1.82) is 0 Å². The van der Waals surface area contributed by atoms with E-state index in [1.165, 1.54) is 11.1 Å². The zero-order valence-electron chi connectivity index (χ0n) is 12.0. The summed E-state index contributed by atoms with van der Waals surface area (Å²) in [7, 11) is 0. The Morgan fingerprint density at radius 2 is 2.06 bits per heavy atom. The molecular weight excluding hydrogens is 224 g/mol. The number of ether oxygens (including phenoxy) is 1. The molecule has 0 amide bonds. The number of nitrogens with two attached hydrogens (primary N) is 1. The van der Waals surface area contributed by atoms with Gasteiger partial charge in [-0.05, 0) is 57.9 Å². The summed E-state index contributed by atoms with van der Waals surface area (Å²) in [5.74, 6) is 0.976. The molecule has 3 N–H and O–H groups in total. The van der Waals surface area contributed by atoms with Crippen LogP contribution in [0.1, 0.15) is 38.3 Å². The van der Waals surface area contributed by atoms with Crippen LogP contribution in [0.25, 0.3) is 0 Å². The van der Waals surface area contributed by atoms with E-state index < -0.39 is 0 Å². The summed E-state index contributed by atoms with van der Waals surface area (Å²) in [6.45, 7) is 10.7. The summed E-state index contributed by atoms with van der Waals surface area (Å²) in [6.07, 6.45) is 0.975. The first-order valence-electron chi connectivity index (χ1n) is 6.64. The Kier molecular flexibility index (Phi) is 5.63. The van der Waals surface area contributed by atoms with Gasteiger partial charge in [-0.25, -0.2) is 0 Å². The van der Waals surface area contributed by atoms with Gasteiger partial charge in [0.15, 0.2) is 0 Å². The fourth-order valence-electron chi connectivity index (χ4n) is 1.78. The van der Waals surface area contributed by atoms with E-state index >= 15 is 0 Å². The van der Waals surface area contributed by atoms with Gasteiger partial charge in [-0.3, -0.25) is 0 Å². The Morgan fingerprint density at radius 1 is 1.33 bits per heavy atom. The smallest absolute Gasteiger partial charge is 0.122 e. The molecule has 0 bridgehead atoms. The summed E-state index contributed by atoms with van der Waals surface area (Å²) in [5, 5.41) is 3.42. The van der Waals surface area contributed by atoms with Crippen molar-refractivity contribution in [2.75, 3.05) is 13.2 Å². The van der Waals surface area contributed by atoms with Crippen LogP contribution >= 0.6 is 0 Å². The number of hydrogen-bond acceptors (Lipinski definition) is 3. The van der Waals surface area contributed by atoms with Gasteiger partial charge in [0.2, 0.25) is 0 Å². The van der Waals surface area contributed by atoms with Gasteiger partial charge in [0.05, 0.1) is 6.61 Å². The largest absolute Gasteiger partial charge is 0.494 e. The zero-order chi connectivity index (χ0) is 13.6. The Balaban J connectivity index is 2.41. The summed E-state index contributed by atoms with van der Waals surface area (Å²) in [6, 6.07) is 6.33. The van der Waals surface area contributed by atoms with Crippen molar-refractivity contribution in [3.05, 3.63) is 29.3 Å². The van der Waals surface area contributed by atoms with E-state index in [0.717, 1.165) is 25.3 Å². The molecule has 0 unspecified atom stereocenters. The van der Waals surface area contributed by atoms with E-state index in [2.05, 4.69) is 38.2 Å². The third kappa shape index (κ3) is 5.52. The fourth-order valence-corrected chi connectivity index (χ4v) is 1.78. The standard InChI is InChI=1S/C15H26N2O/c1-5-18-14-7-6-13(10-12(14)2)11-17-9-8-15(3,4)16/h6-7,10,17H,5,8-9,11,16H2,1-4H3. The van der Waals surface area contributed by atoms with Crippen molar-refractivity contribution in [2.45, 2.75) is 46.2 Å². The van der Waals surface area contributed by atoms with E-state index in [9.17, 15) is 0 Å². The maximum atomic E-state index is 5.94. The fraction of sp³-hybridized carbons (Fsp3) is 0.600. The minimum Gasteiger partial charge on any atom is -0.494 e. The molecule has 0 heterocycles. The van der Waals surface area contributed by atoms with Crippen LogP contribution in [0, 0.1) is 6.92 Å². The topological polar surface area (TPSA) is 47.3 Å². The Bertz CT molecular complexity index is 369. The molecule has 3 nitrogen and oxygen atoms in total. The van der Waals surface area contributed by atoms with Crippen LogP contribution in [0.4, 0.5) is 0 Å². The lowest BCUT2D eigenvalue weighted by Gasteiger charge is -2.18. The summed E-state index contributed by atoms with van der Waals surface area (Å²) in [5.41, 5.74) is 8.31. The minimum absolute atomic E-state index is 0.0955. The highest BCUT2D eigenvalue weighted by atomic mass is 16.5. The lowest BCUT2D eigenvalue weighted by atomic mass is 10.0. The molecule has 0 atom stereocenters. The van der Waals surface area contributed by atoms with Crippen LogP contribution in [0.15, 0.2) is 18.2 Å². The molecule has 1 rings (SSSR count). The van der Waals surface area contributed by atoms with Crippen molar-refractivity contribution in [3.8, 4) is 5.75 Å². The highest BCUT2D eigenvalue weighted by molar-refractivity contribution is 5.36. The molecule has 3 heteroatoms. The maximum absolute atomic E-state index is 5.94. The van der Waals surface area contributed by atoms with E-state index in [4.69, 9.17) is 10.5 Å². The lowest BCUT2D eigenvalue weighted by molar-refractivity contribution is 0.337. The second-order valence-corrected chi connectivity index (χ2v) is 5.45. The van der Waals surface area contributed by atoms with Crippen LogP contribution in [0.2, 0.25) is 0 Å². The van der Waals surface area contributed by atoms with Crippen molar-refractivity contribution < 1.29 is 4.74 Å². The Hall–Kier alpha value is -1.06. The average molecular weight is 250 g/mol. The second kappa shape index (κ2) is 6.76. The van der Waals surface area contributed by atoms with Gasteiger partial charge in [-0.1, -0.05) is 12.1 Å². The number of aryl methyl sites for hydroxylation is 1. The molecule has 1 aromatic carbocycles. The van der Waals surface area contributed by atoms with Crippen LogP contribution in [-0.2, 0) is 6.54 Å². The third-order valence-electron chi connectivity index (χ3n) is 2.81. The van der Waals surface area contributed by atoms with Gasteiger partial charge in [-0.2, -0.15) is 0 Å². The molecule has 0 saturated heterocycles. The predicted molar refractivity (Wildman–Crippen MR) is 76.9 cm³/mol. The van der Waals surface area contributed by atoms with Crippen LogP contribution in [-0.4, -0.2) is 18.7 Å². The van der Waals surface area contributed by atoms with Crippen LogP contribution in [0.5, 0.6) is 5.75 Å². The summed E-state index contributed by atoms with van der Waals surface area (Å²) in [4.78, 5) is 0. The SMILES string of the molecule is CCOc1ccc(CNCCC(C)(C)N)cc1C. The Morgan fingerprint density at radius 3 is 2.61 bits per heavy atom. The quantitative estimate of drug-likeness (QED) is 0.731. The first-order chi connectivity index (χ1) is 8.42. The van der Waals surface area contributed by atoms with Crippen LogP contribution < -0.4 is 15.8 Å². The first-order valence-corrected chi connectivity index (χ1v) is 6.64. The van der Waals surface area contributed by atoms with Gasteiger partial charge < -0.3 is 15.8 Å². The molecule has 0 radical (unpaired) electrons. The van der Waals surface area contributed by atoms with E-state index in [1.807, 2.05) is 13.0 Å². The van der Waals surface area contributed by atoms with Gasteiger partial charge in [0, 0.05) is 12.1 Å². The molecule has 18 heavy (non-hydrogen) atoms. The molecule has 102 valence electrons. The number of benzene rings is 1. The van der Waals surface area contributed by atoms with Crippen LogP contribution in [0.3, 0.4) is 0 Å². The van der Waals surface area contributed by atoms with Crippen molar-refractivity contribution in [2.24, 2.45) is 5.73 Å². The monoisotopic (exact) mass is 250 g/mol. The lowest BCUT2D eigenvalue weighted by Crippen LogP contribution is -2.35. The Labute approximate surface area is 111 Å². The van der Waals surface area contributed by atoms with Gasteiger partial charge in [0.1, 0.15) is 5.75 Å². The van der Waals surface area contributed by atoms with Gasteiger partial charge >= 0.3 is 0 Å². The van der Waals surface area contributed by atoms with E-state index in [1.54, 1.807) is 0 Å². The molecule has 0 aliphatic rings. The molecule has 0 saturated carbocycles. The summed E-state index contributed by atoms with van der Waals surface area (Å²) < 4.78 is 5.53. The number of rotatable bonds is 7. The molecule has 0 aliphatic carbocycles. The number of hydrogen-bond donors (Lipinski definition) is 2. The molecular formula is C15H26N2O. The average Bonchev–Trinajstić information content (AvgIpc) is 2.27. The molecule has 0 aromatic heterocycles. The van der Waals surface area contributed by atoms with Crippen molar-refractivity contribution in [3.63, 3.8) is 0 Å². The summed E-state index contributed by atoms with van der Waals surface area (Å²) >= 11 is 0. The molecule has 0 spiro atoms. The highest BCUT2D eigenvalue weighted by Gasteiger charge is 2.09. The van der Waals surface area contributed by atoms with Gasteiger partial charge in [-0.15, -0.1) is 0 Å². The maximum Gasteiger partial charge on any atom is 0.122 e. The predicted octanol–water partition coefficient (Wildman–Crippen LogP) is 2.61. The van der Waals surface area contributed by atoms with Crippen molar-refractivity contribution >= 4 is 0 Å². The van der Waals surface area contributed by atoms with Gasteiger partial charge in [0.25, 0.3) is 0 Å². The van der Waals surface area contributed by atoms with Crippen molar-refractivity contribution in [1.82, 2.24) is 5.32 Å².